The van der Waals surface area contributed by atoms with Crippen LogP contribution in [0.15, 0.2) is 24.7 Å². The lowest BCUT2D eigenvalue weighted by Gasteiger charge is -2.08. The smallest absolute Gasteiger partial charge is 0.352 e. The van der Waals surface area contributed by atoms with Gasteiger partial charge in [0.25, 0.3) is 0 Å². The molecule has 0 aliphatic carbocycles. The maximum atomic E-state index is 10.8. The topological polar surface area (TPSA) is 90.9 Å². The summed E-state index contributed by atoms with van der Waals surface area (Å²) in [7, 11) is 0. The van der Waals surface area contributed by atoms with E-state index >= 15 is 0 Å². The second kappa shape index (κ2) is 4.87. The van der Waals surface area contributed by atoms with Gasteiger partial charge in [-0.05, 0) is 19.9 Å². The number of carboxylic acids is 1. The molecule has 2 aromatic rings. The molecule has 2 aromatic heterocycles. The third-order valence-corrected chi connectivity index (χ3v) is 2.31. The van der Waals surface area contributed by atoms with Crippen LogP contribution in [-0.4, -0.2) is 32.1 Å². The van der Waals surface area contributed by atoms with E-state index < -0.39 is 5.97 Å². The molecule has 6 heteroatoms. The fourth-order valence-corrected chi connectivity index (χ4v) is 1.56. The quantitative estimate of drug-likeness (QED) is 0.767. The second-order valence-electron chi connectivity index (χ2n) is 4.19. The van der Waals surface area contributed by atoms with E-state index in [1.165, 1.54) is 6.33 Å². The monoisotopic (exact) mass is 246 g/mol. The van der Waals surface area contributed by atoms with Gasteiger partial charge in [0.2, 0.25) is 0 Å². The van der Waals surface area contributed by atoms with Crippen LogP contribution in [0.3, 0.4) is 0 Å². The van der Waals surface area contributed by atoms with Crippen molar-refractivity contribution in [2.45, 2.75) is 19.9 Å². The van der Waals surface area contributed by atoms with Gasteiger partial charge in [-0.2, -0.15) is 0 Å². The summed E-state index contributed by atoms with van der Waals surface area (Å²) in [5.41, 5.74) is 1.54. The molecule has 0 amide bonds. The lowest BCUT2D eigenvalue weighted by molar-refractivity contribution is 0.0691. The standard InChI is InChI=1S/C12H14N4O2/c1-7(2)16-11-4-9(14-6-15-11)8-3-10(12(17)18)13-5-8/h3-7,13H,1-2H3,(H,17,18)(H,14,15,16). The molecule has 2 rings (SSSR count). The van der Waals surface area contributed by atoms with Crippen molar-refractivity contribution in [3.05, 3.63) is 30.4 Å². The van der Waals surface area contributed by atoms with Crippen LogP contribution in [0.25, 0.3) is 11.3 Å². The van der Waals surface area contributed by atoms with Crippen LogP contribution < -0.4 is 5.32 Å². The third kappa shape index (κ3) is 2.65. The third-order valence-electron chi connectivity index (χ3n) is 2.31. The van der Waals surface area contributed by atoms with Gasteiger partial charge >= 0.3 is 5.97 Å². The minimum Gasteiger partial charge on any atom is -0.477 e. The first-order valence-corrected chi connectivity index (χ1v) is 5.57. The zero-order valence-electron chi connectivity index (χ0n) is 10.1. The van der Waals surface area contributed by atoms with E-state index in [9.17, 15) is 4.79 Å². The molecule has 6 nitrogen and oxygen atoms in total. The second-order valence-corrected chi connectivity index (χ2v) is 4.19. The van der Waals surface area contributed by atoms with Crippen molar-refractivity contribution in [1.29, 1.82) is 0 Å². The normalized spacial score (nSPS) is 10.6. The van der Waals surface area contributed by atoms with Crippen molar-refractivity contribution in [2.75, 3.05) is 5.32 Å². The largest absolute Gasteiger partial charge is 0.477 e. The van der Waals surface area contributed by atoms with Crippen LogP contribution in [0.5, 0.6) is 0 Å². The summed E-state index contributed by atoms with van der Waals surface area (Å²) in [6, 6.07) is 3.60. The number of carboxylic acid groups (broad SMARTS) is 1. The maximum absolute atomic E-state index is 10.8. The van der Waals surface area contributed by atoms with Crippen LogP contribution in [0.1, 0.15) is 24.3 Å². The molecular weight excluding hydrogens is 232 g/mol. The fourth-order valence-electron chi connectivity index (χ4n) is 1.56. The van der Waals surface area contributed by atoms with Crippen molar-refractivity contribution in [3.8, 4) is 11.3 Å². The lowest BCUT2D eigenvalue weighted by Crippen LogP contribution is -2.11. The van der Waals surface area contributed by atoms with E-state index in [0.29, 0.717) is 11.5 Å². The van der Waals surface area contributed by atoms with E-state index in [1.807, 2.05) is 13.8 Å². The van der Waals surface area contributed by atoms with Gasteiger partial charge in [-0.1, -0.05) is 0 Å². The number of aromatic amines is 1. The van der Waals surface area contributed by atoms with E-state index in [0.717, 1.165) is 5.56 Å². The Morgan fingerprint density at radius 3 is 2.78 bits per heavy atom. The summed E-state index contributed by atoms with van der Waals surface area (Å²) in [6.45, 7) is 4.03. The highest BCUT2D eigenvalue weighted by Gasteiger charge is 2.09. The summed E-state index contributed by atoms with van der Waals surface area (Å²) >= 11 is 0. The number of aromatic carboxylic acids is 1. The number of rotatable bonds is 4. The van der Waals surface area contributed by atoms with Gasteiger partial charge in [-0.25, -0.2) is 14.8 Å². The Hall–Kier alpha value is -2.37. The molecule has 2 heterocycles. The van der Waals surface area contributed by atoms with Crippen LogP contribution in [0.2, 0.25) is 0 Å². The van der Waals surface area contributed by atoms with Gasteiger partial charge in [-0.15, -0.1) is 0 Å². The number of hydrogen-bond donors (Lipinski definition) is 3. The minimum absolute atomic E-state index is 0.141. The zero-order valence-corrected chi connectivity index (χ0v) is 10.1. The fraction of sp³-hybridized carbons (Fsp3) is 0.250. The molecule has 3 N–H and O–H groups in total. The highest BCUT2D eigenvalue weighted by atomic mass is 16.4. The summed E-state index contributed by atoms with van der Waals surface area (Å²) in [5.74, 6) is -0.274. The molecule has 0 aromatic carbocycles. The molecule has 0 aliphatic heterocycles. The molecule has 18 heavy (non-hydrogen) atoms. The number of nitrogens with zero attached hydrogens (tertiary/aromatic N) is 2. The molecule has 0 aliphatic rings. The average Bonchev–Trinajstić information content (AvgIpc) is 2.77. The maximum Gasteiger partial charge on any atom is 0.352 e. The molecule has 0 saturated heterocycles. The van der Waals surface area contributed by atoms with Crippen LogP contribution in [-0.2, 0) is 0 Å². The zero-order chi connectivity index (χ0) is 13.1. The lowest BCUT2D eigenvalue weighted by atomic mass is 10.2. The number of carbonyl (C=O) groups is 1. The number of aromatic nitrogens is 3. The predicted octanol–water partition coefficient (Wildman–Crippen LogP) is 1.99. The number of H-pyrrole nitrogens is 1. The van der Waals surface area contributed by atoms with E-state index in [2.05, 4.69) is 20.3 Å². The average molecular weight is 246 g/mol. The van der Waals surface area contributed by atoms with Crippen LogP contribution in [0.4, 0.5) is 5.82 Å². The van der Waals surface area contributed by atoms with Crippen molar-refractivity contribution in [2.24, 2.45) is 0 Å². The molecule has 0 unspecified atom stereocenters. The van der Waals surface area contributed by atoms with E-state index in [1.54, 1.807) is 18.3 Å². The van der Waals surface area contributed by atoms with Gasteiger partial charge in [0.1, 0.15) is 17.8 Å². The van der Waals surface area contributed by atoms with Gasteiger partial charge in [-0.3, -0.25) is 0 Å². The molecule has 0 bridgehead atoms. The van der Waals surface area contributed by atoms with Crippen LogP contribution in [0, 0.1) is 0 Å². The highest BCUT2D eigenvalue weighted by Crippen LogP contribution is 2.20. The summed E-state index contributed by atoms with van der Waals surface area (Å²) < 4.78 is 0. The Labute approximate surface area is 104 Å². The number of hydrogen-bond acceptors (Lipinski definition) is 4. The molecule has 0 atom stereocenters. The highest BCUT2D eigenvalue weighted by molar-refractivity contribution is 5.87. The van der Waals surface area contributed by atoms with Crippen molar-refractivity contribution < 1.29 is 9.90 Å². The Kier molecular flexibility index (Phi) is 3.27. The first-order valence-electron chi connectivity index (χ1n) is 5.57. The summed E-state index contributed by atoms with van der Waals surface area (Å²) in [5, 5.41) is 12.0. The Bertz CT molecular complexity index is 563. The molecule has 0 radical (unpaired) electrons. The summed E-state index contributed by atoms with van der Waals surface area (Å²) in [6.07, 6.45) is 3.07. The van der Waals surface area contributed by atoms with E-state index in [4.69, 9.17) is 5.11 Å². The molecule has 0 spiro atoms. The number of nitrogens with one attached hydrogen (secondary N) is 2. The molecular formula is C12H14N4O2. The Balaban J connectivity index is 2.29. The Morgan fingerprint density at radius 1 is 1.39 bits per heavy atom. The van der Waals surface area contributed by atoms with Crippen molar-refractivity contribution >= 4 is 11.8 Å². The van der Waals surface area contributed by atoms with Gasteiger partial charge in [0.15, 0.2) is 0 Å². The molecule has 94 valence electrons. The predicted molar refractivity (Wildman–Crippen MR) is 67.5 cm³/mol. The first-order chi connectivity index (χ1) is 8.56. The van der Waals surface area contributed by atoms with E-state index in [-0.39, 0.29) is 11.7 Å². The SMILES string of the molecule is CC(C)Nc1cc(-c2c[nH]c(C(=O)O)c2)ncn1. The summed E-state index contributed by atoms with van der Waals surface area (Å²) in [4.78, 5) is 21.7. The van der Waals surface area contributed by atoms with Gasteiger partial charge in [0.05, 0.1) is 5.69 Å². The molecule has 0 saturated carbocycles. The van der Waals surface area contributed by atoms with Gasteiger partial charge < -0.3 is 15.4 Å². The van der Waals surface area contributed by atoms with Crippen LogP contribution >= 0.6 is 0 Å². The Morgan fingerprint density at radius 2 is 2.17 bits per heavy atom. The van der Waals surface area contributed by atoms with Crippen molar-refractivity contribution in [1.82, 2.24) is 15.0 Å². The van der Waals surface area contributed by atoms with Gasteiger partial charge in [0, 0.05) is 23.9 Å². The first kappa shape index (κ1) is 12.1. The number of anilines is 1. The molecule has 0 fully saturated rings. The minimum atomic E-state index is -0.990. The van der Waals surface area contributed by atoms with Crippen molar-refractivity contribution in [3.63, 3.8) is 0 Å².